The first-order chi connectivity index (χ1) is 16.6. The number of nitrogens with one attached hydrogen (secondary N) is 1. The van der Waals surface area contributed by atoms with Gasteiger partial charge in [-0.25, -0.2) is 4.98 Å². The zero-order valence-electron chi connectivity index (χ0n) is 19.6. The Kier molecular flexibility index (Phi) is 7.39. The number of Topliss-reactive ketones (excluding diaryl/α,β-unsaturated/α-hetero) is 1. The molecule has 2 heterocycles. The summed E-state index contributed by atoms with van der Waals surface area (Å²) in [5.41, 5.74) is 2.96. The van der Waals surface area contributed by atoms with Gasteiger partial charge in [0, 0.05) is 45.5 Å². The van der Waals surface area contributed by atoms with Crippen molar-refractivity contribution in [3.63, 3.8) is 0 Å². The van der Waals surface area contributed by atoms with E-state index < -0.39 is 0 Å². The number of para-hydroxylation sites is 2. The summed E-state index contributed by atoms with van der Waals surface area (Å²) < 4.78 is 18.4. The third-order valence-electron chi connectivity index (χ3n) is 5.46. The van der Waals surface area contributed by atoms with Crippen molar-refractivity contribution in [1.82, 2.24) is 14.5 Å². The molecular formula is C26H28N4O4. The lowest BCUT2D eigenvalue weighted by Gasteiger charge is -2.10. The molecule has 0 unspecified atom stereocenters. The number of benzene rings is 2. The molecule has 0 saturated heterocycles. The second kappa shape index (κ2) is 10.8. The average Bonchev–Trinajstić information content (AvgIpc) is 3.16. The zero-order chi connectivity index (χ0) is 23.9. The third-order valence-corrected chi connectivity index (χ3v) is 5.46. The van der Waals surface area contributed by atoms with Gasteiger partial charge in [0.15, 0.2) is 5.78 Å². The number of hydrogen-bond acceptors (Lipinski definition) is 7. The maximum absolute atomic E-state index is 12.4. The molecule has 8 heteroatoms. The van der Waals surface area contributed by atoms with Gasteiger partial charge < -0.3 is 24.1 Å². The standard InChI is InChI=1S/C26H28N4O4/c1-30-23-12-11-18(16-21(23)29-26(30)28-20-8-4-5-10-25(20)33-3)34-19-13-14-27-22(17-19)24(31)9-6-7-15-32-2/h4-5,8,10-14,16-17H,6-7,9,15H2,1-3H3,(H,28,29). The number of hydrogen-bond donors (Lipinski definition) is 1. The minimum atomic E-state index is -0.00575. The van der Waals surface area contributed by atoms with Crippen LogP contribution in [-0.4, -0.2) is 41.1 Å². The van der Waals surface area contributed by atoms with Crippen molar-refractivity contribution in [3.05, 3.63) is 66.5 Å². The maximum atomic E-state index is 12.4. The molecule has 0 bridgehead atoms. The van der Waals surface area contributed by atoms with Gasteiger partial charge in [-0.15, -0.1) is 0 Å². The van der Waals surface area contributed by atoms with Gasteiger partial charge in [-0.05, 0) is 43.2 Å². The summed E-state index contributed by atoms with van der Waals surface area (Å²) in [6.45, 7) is 0.649. The molecule has 1 N–H and O–H groups in total. The molecule has 0 saturated carbocycles. The molecule has 0 fully saturated rings. The molecule has 8 nitrogen and oxygen atoms in total. The lowest BCUT2D eigenvalue weighted by Crippen LogP contribution is -2.03. The van der Waals surface area contributed by atoms with Crippen molar-refractivity contribution < 1.29 is 19.0 Å². The van der Waals surface area contributed by atoms with Gasteiger partial charge in [0.2, 0.25) is 5.95 Å². The van der Waals surface area contributed by atoms with E-state index in [0.29, 0.717) is 36.2 Å². The van der Waals surface area contributed by atoms with Crippen molar-refractivity contribution in [2.45, 2.75) is 19.3 Å². The first-order valence-corrected chi connectivity index (χ1v) is 11.1. The van der Waals surface area contributed by atoms with E-state index in [4.69, 9.17) is 19.2 Å². The zero-order valence-corrected chi connectivity index (χ0v) is 19.6. The molecule has 0 aliphatic carbocycles. The number of methoxy groups -OCH3 is 2. The smallest absolute Gasteiger partial charge is 0.208 e. The Balaban J connectivity index is 1.50. The molecule has 0 radical (unpaired) electrons. The molecule has 4 rings (SSSR count). The minimum absolute atomic E-state index is 0.00575. The number of carbonyl (C=O) groups is 1. The number of pyridine rings is 1. The lowest BCUT2D eigenvalue weighted by atomic mass is 10.1. The predicted octanol–water partition coefficient (Wildman–Crippen LogP) is 5.51. The summed E-state index contributed by atoms with van der Waals surface area (Å²) in [6, 6.07) is 16.8. The maximum Gasteiger partial charge on any atom is 0.208 e. The van der Waals surface area contributed by atoms with Crippen LogP contribution in [0.1, 0.15) is 29.8 Å². The molecule has 176 valence electrons. The molecule has 2 aromatic heterocycles. The Morgan fingerprint density at radius 1 is 1.03 bits per heavy atom. The molecule has 34 heavy (non-hydrogen) atoms. The first kappa shape index (κ1) is 23.3. The van der Waals surface area contributed by atoms with E-state index in [2.05, 4.69) is 10.3 Å². The number of aryl methyl sites for hydroxylation is 1. The topological polar surface area (TPSA) is 87.5 Å². The van der Waals surface area contributed by atoms with E-state index in [1.165, 1.54) is 0 Å². The average molecular weight is 461 g/mol. The van der Waals surface area contributed by atoms with Gasteiger partial charge in [0.1, 0.15) is 22.9 Å². The van der Waals surface area contributed by atoms with Gasteiger partial charge in [-0.3, -0.25) is 9.78 Å². The molecule has 0 atom stereocenters. The number of carbonyl (C=O) groups excluding carboxylic acids is 1. The van der Waals surface area contributed by atoms with E-state index >= 15 is 0 Å². The Labute approximate surface area is 198 Å². The summed E-state index contributed by atoms with van der Waals surface area (Å²) in [4.78, 5) is 21.4. The monoisotopic (exact) mass is 460 g/mol. The van der Waals surface area contributed by atoms with Gasteiger partial charge in [-0.2, -0.15) is 0 Å². The van der Waals surface area contributed by atoms with Crippen LogP contribution in [0.15, 0.2) is 60.8 Å². The van der Waals surface area contributed by atoms with E-state index in [-0.39, 0.29) is 5.78 Å². The number of nitrogens with zero attached hydrogens (tertiary/aromatic N) is 3. The van der Waals surface area contributed by atoms with Crippen LogP contribution in [0, 0.1) is 0 Å². The Hall–Kier alpha value is -3.91. The summed E-state index contributed by atoms with van der Waals surface area (Å²) in [5, 5.41) is 3.33. The number of aromatic nitrogens is 3. The van der Waals surface area contributed by atoms with Gasteiger partial charge in [0.25, 0.3) is 0 Å². The van der Waals surface area contributed by atoms with Crippen molar-refractivity contribution >= 4 is 28.5 Å². The SMILES string of the molecule is COCCCCC(=O)c1cc(Oc2ccc3c(c2)nc(Nc2ccccc2OC)n3C)ccn1. The first-order valence-electron chi connectivity index (χ1n) is 11.1. The summed E-state index contributed by atoms with van der Waals surface area (Å²) >= 11 is 0. The molecule has 0 aliphatic heterocycles. The number of rotatable bonds is 11. The van der Waals surface area contributed by atoms with Crippen molar-refractivity contribution in [1.29, 1.82) is 0 Å². The van der Waals surface area contributed by atoms with Crippen LogP contribution in [0.2, 0.25) is 0 Å². The van der Waals surface area contributed by atoms with E-state index in [1.54, 1.807) is 32.5 Å². The number of unbranched alkanes of at least 4 members (excludes halogenated alkanes) is 1. The number of fused-ring (bicyclic) bond motifs is 1. The number of ether oxygens (including phenoxy) is 3. The second-order valence-electron chi connectivity index (χ2n) is 7.82. The minimum Gasteiger partial charge on any atom is -0.495 e. The molecule has 2 aromatic carbocycles. The predicted molar refractivity (Wildman–Crippen MR) is 131 cm³/mol. The highest BCUT2D eigenvalue weighted by Gasteiger charge is 2.13. The van der Waals surface area contributed by atoms with Crippen molar-refractivity contribution in [2.24, 2.45) is 7.05 Å². The van der Waals surface area contributed by atoms with E-state index in [1.807, 2.05) is 54.1 Å². The highest BCUT2D eigenvalue weighted by molar-refractivity contribution is 5.94. The number of imidazole rings is 1. The molecule has 0 amide bonds. The summed E-state index contributed by atoms with van der Waals surface area (Å²) in [7, 11) is 5.24. The Morgan fingerprint density at radius 3 is 2.68 bits per heavy atom. The highest BCUT2D eigenvalue weighted by Crippen LogP contribution is 2.30. The number of ketones is 1. The van der Waals surface area contributed by atoms with Gasteiger partial charge in [0.05, 0.1) is 23.8 Å². The lowest BCUT2D eigenvalue weighted by molar-refractivity contribution is 0.0969. The van der Waals surface area contributed by atoms with Crippen molar-refractivity contribution in [3.8, 4) is 17.2 Å². The highest BCUT2D eigenvalue weighted by atomic mass is 16.5. The van der Waals surface area contributed by atoms with Crippen LogP contribution in [0.3, 0.4) is 0 Å². The fraction of sp³-hybridized carbons (Fsp3) is 0.269. The fourth-order valence-corrected chi connectivity index (χ4v) is 3.65. The van der Waals surface area contributed by atoms with Crippen molar-refractivity contribution in [2.75, 3.05) is 26.1 Å². The second-order valence-corrected chi connectivity index (χ2v) is 7.82. The van der Waals surface area contributed by atoms with Crippen LogP contribution in [0.25, 0.3) is 11.0 Å². The quantitative estimate of drug-likeness (QED) is 0.233. The largest absolute Gasteiger partial charge is 0.495 e. The normalized spacial score (nSPS) is 10.9. The van der Waals surface area contributed by atoms with Crippen LogP contribution < -0.4 is 14.8 Å². The van der Waals surface area contributed by atoms with Crippen LogP contribution in [-0.2, 0) is 11.8 Å². The van der Waals surface area contributed by atoms with Crippen LogP contribution in [0.4, 0.5) is 11.6 Å². The third kappa shape index (κ3) is 5.35. The summed E-state index contributed by atoms with van der Waals surface area (Å²) in [5.74, 6) is 2.59. The number of anilines is 2. The Morgan fingerprint density at radius 2 is 1.85 bits per heavy atom. The van der Waals surface area contributed by atoms with Crippen LogP contribution in [0.5, 0.6) is 17.2 Å². The van der Waals surface area contributed by atoms with E-state index in [9.17, 15) is 4.79 Å². The molecule has 0 spiro atoms. The molecule has 0 aliphatic rings. The van der Waals surface area contributed by atoms with E-state index in [0.717, 1.165) is 35.3 Å². The fourth-order valence-electron chi connectivity index (χ4n) is 3.65. The molecule has 4 aromatic rings. The molecular weight excluding hydrogens is 432 g/mol. The van der Waals surface area contributed by atoms with Crippen LogP contribution >= 0.6 is 0 Å². The summed E-state index contributed by atoms with van der Waals surface area (Å²) in [6.07, 6.45) is 3.63. The van der Waals surface area contributed by atoms with Gasteiger partial charge >= 0.3 is 0 Å². The van der Waals surface area contributed by atoms with Gasteiger partial charge in [-0.1, -0.05) is 12.1 Å². The Bertz CT molecular complexity index is 1290.